The number of hydrogen-bond acceptors (Lipinski definition) is 3. The van der Waals surface area contributed by atoms with Gasteiger partial charge in [0.25, 0.3) is 0 Å². The Balaban J connectivity index is 1.33. The number of nitrogens with zero attached hydrogens (tertiary/aromatic N) is 4. The Hall–Kier alpha value is -3.28. The monoisotopic (exact) mass is 402 g/mol. The zero-order chi connectivity index (χ0) is 20.6. The summed E-state index contributed by atoms with van der Waals surface area (Å²) in [7, 11) is 0. The molecule has 0 aliphatic carbocycles. The summed E-state index contributed by atoms with van der Waals surface area (Å²) in [6, 6.07) is 21.4. The van der Waals surface area contributed by atoms with E-state index in [4.69, 9.17) is 4.99 Å². The lowest BCUT2D eigenvalue weighted by atomic mass is 10.2. The highest BCUT2D eigenvalue weighted by Gasteiger charge is 2.23. The van der Waals surface area contributed by atoms with Crippen LogP contribution in [0.1, 0.15) is 24.5 Å². The molecular weight excluding hydrogens is 372 g/mol. The third kappa shape index (κ3) is 5.41. The quantitative estimate of drug-likeness (QED) is 0.470. The number of nitrogens with one attached hydrogen (secondary N) is 2. The molecule has 30 heavy (non-hydrogen) atoms. The Labute approximate surface area is 178 Å². The minimum Gasteiger partial charge on any atom is -0.369 e. The zero-order valence-corrected chi connectivity index (χ0v) is 17.5. The number of guanidine groups is 1. The molecule has 2 heterocycles. The molecule has 0 saturated carbocycles. The molecule has 0 spiro atoms. The zero-order valence-electron chi connectivity index (χ0n) is 17.5. The second-order valence-electron chi connectivity index (χ2n) is 7.64. The highest BCUT2D eigenvalue weighted by Crippen LogP contribution is 2.19. The van der Waals surface area contributed by atoms with Gasteiger partial charge in [0, 0.05) is 43.1 Å². The SMILES string of the molecule is CCNC(=NCc1cnn(Cc2ccccc2)c1)NC1CCN(c2ccccc2)C1. The van der Waals surface area contributed by atoms with Crippen molar-refractivity contribution in [3.63, 3.8) is 0 Å². The molecular formula is C24H30N6. The van der Waals surface area contributed by atoms with Crippen LogP contribution in [-0.4, -0.2) is 41.4 Å². The Kier molecular flexibility index (Phi) is 6.65. The minimum absolute atomic E-state index is 0.392. The van der Waals surface area contributed by atoms with Crippen molar-refractivity contribution in [2.75, 3.05) is 24.5 Å². The van der Waals surface area contributed by atoms with Gasteiger partial charge in [-0.1, -0.05) is 48.5 Å². The van der Waals surface area contributed by atoms with Gasteiger partial charge in [0.2, 0.25) is 0 Å². The number of anilines is 1. The van der Waals surface area contributed by atoms with Crippen LogP contribution in [0.3, 0.4) is 0 Å². The predicted octanol–water partition coefficient (Wildman–Crippen LogP) is 3.27. The molecule has 0 radical (unpaired) electrons. The molecule has 2 aromatic carbocycles. The average Bonchev–Trinajstić information content (AvgIpc) is 3.43. The van der Waals surface area contributed by atoms with Gasteiger partial charge in [0.15, 0.2) is 5.96 Å². The first-order valence-electron chi connectivity index (χ1n) is 10.7. The van der Waals surface area contributed by atoms with Gasteiger partial charge < -0.3 is 15.5 Å². The summed E-state index contributed by atoms with van der Waals surface area (Å²) in [5.41, 5.74) is 3.64. The van der Waals surface area contributed by atoms with E-state index in [-0.39, 0.29) is 0 Å². The van der Waals surface area contributed by atoms with Crippen LogP contribution in [0.4, 0.5) is 5.69 Å². The van der Waals surface area contributed by atoms with E-state index in [1.165, 1.54) is 11.3 Å². The third-order valence-electron chi connectivity index (χ3n) is 5.29. The second-order valence-corrected chi connectivity index (χ2v) is 7.64. The first-order chi connectivity index (χ1) is 14.8. The number of para-hydroxylation sites is 1. The van der Waals surface area contributed by atoms with Crippen LogP contribution in [-0.2, 0) is 13.1 Å². The van der Waals surface area contributed by atoms with Crippen LogP contribution in [0.5, 0.6) is 0 Å². The normalized spacial score (nSPS) is 16.6. The molecule has 1 saturated heterocycles. The molecule has 1 aliphatic heterocycles. The number of aromatic nitrogens is 2. The number of benzene rings is 2. The molecule has 3 aromatic rings. The highest BCUT2D eigenvalue weighted by atomic mass is 15.3. The van der Waals surface area contributed by atoms with Crippen molar-refractivity contribution < 1.29 is 0 Å². The van der Waals surface area contributed by atoms with E-state index in [2.05, 4.69) is 88.4 Å². The topological polar surface area (TPSA) is 57.5 Å². The molecule has 1 aliphatic rings. The summed E-state index contributed by atoms with van der Waals surface area (Å²) in [5, 5.41) is 11.5. The van der Waals surface area contributed by atoms with Crippen LogP contribution < -0.4 is 15.5 Å². The average molecular weight is 403 g/mol. The Bertz CT molecular complexity index is 935. The van der Waals surface area contributed by atoms with Gasteiger partial charge >= 0.3 is 0 Å². The van der Waals surface area contributed by atoms with Gasteiger partial charge in [0.05, 0.1) is 19.3 Å². The van der Waals surface area contributed by atoms with E-state index in [0.29, 0.717) is 12.6 Å². The van der Waals surface area contributed by atoms with E-state index in [1.807, 2.05) is 16.9 Å². The maximum absolute atomic E-state index is 4.79. The smallest absolute Gasteiger partial charge is 0.191 e. The van der Waals surface area contributed by atoms with Crippen LogP contribution in [0.2, 0.25) is 0 Å². The summed E-state index contributed by atoms with van der Waals surface area (Å²) in [6.07, 6.45) is 5.09. The second kappa shape index (κ2) is 9.96. The van der Waals surface area contributed by atoms with E-state index in [0.717, 1.165) is 44.1 Å². The molecule has 1 unspecified atom stereocenters. The van der Waals surface area contributed by atoms with Crippen molar-refractivity contribution in [3.05, 3.63) is 84.2 Å². The summed E-state index contributed by atoms with van der Waals surface area (Å²) in [5.74, 6) is 0.869. The highest BCUT2D eigenvalue weighted by molar-refractivity contribution is 5.80. The fourth-order valence-corrected chi connectivity index (χ4v) is 3.78. The van der Waals surface area contributed by atoms with Crippen LogP contribution in [0, 0.1) is 0 Å². The molecule has 1 atom stereocenters. The lowest BCUT2D eigenvalue weighted by molar-refractivity contribution is 0.649. The maximum atomic E-state index is 4.79. The first kappa shape index (κ1) is 20.0. The molecule has 1 aromatic heterocycles. The Morgan fingerprint density at radius 3 is 2.60 bits per heavy atom. The van der Waals surface area contributed by atoms with Gasteiger partial charge in [-0.15, -0.1) is 0 Å². The summed E-state index contributed by atoms with van der Waals surface area (Å²) >= 11 is 0. The van der Waals surface area contributed by atoms with Gasteiger partial charge in [-0.05, 0) is 31.0 Å². The lowest BCUT2D eigenvalue weighted by Gasteiger charge is -2.20. The third-order valence-corrected chi connectivity index (χ3v) is 5.29. The summed E-state index contributed by atoms with van der Waals surface area (Å²) in [6.45, 7) is 6.38. The van der Waals surface area contributed by atoms with Crippen LogP contribution in [0.25, 0.3) is 0 Å². The summed E-state index contributed by atoms with van der Waals surface area (Å²) in [4.78, 5) is 7.21. The van der Waals surface area contributed by atoms with Gasteiger partial charge in [-0.2, -0.15) is 5.10 Å². The van der Waals surface area contributed by atoms with E-state index < -0.39 is 0 Å². The molecule has 0 bridgehead atoms. The van der Waals surface area contributed by atoms with E-state index in [1.54, 1.807) is 0 Å². The van der Waals surface area contributed by atoms with Gasteiger partial charge in [0.1, 0.15) is 0 Å². The van der Waals surface area contributed by atoms with E-state index in [9.17, 15) is 0 Å². The first-order valence-corrected chi connectivity index (χ1v) is 10.7. The number of hydrogen-bond donors (Lipinski definition) is 2. The van der Waals surface area contributed by atoms with Crippen molar-refractivity contribution in [1.82, 2.24) is 20.4 Å². The summed E-state index contributed by atoms with van der Waals surface area (Å²) < 4.78 is 1.97. The largest absolute Gasteiger partial charge is 0.369 e. The van der Waals surface area contributed by atoms with Crippen molar-refractivity contribution in [2.24, 2.45) is 4.99 Å². The Morgan fingerprint density at radius 1 is 1.07 bits per heavy atom. The molecule has 2 N–H and O–H groups in total. The molecule has 4 rings (SSSR count). The fourth-order valence-electron chi connectivity index (χ4n) is 3.78. The van der Waals surface area contributed by atoms with Crippen molar-refractivity contribution in [2.45, 2.75) is 32.5 Å². The molecule has 0 amide bonds. The maximum Gasteiger partial charge on any atom is 0.191 e. The number of aliphatic imine (C=N–C) groups is 1. The van der Waals surface area contributed by atoms with Crippen LogP contribution >= 0.6 is 0 Å². The van der Waals surface area contributed by atoms with Gasteiger partial charge in [-0.25, -0.2) is 4.99 Å². The van der Waals surface area contributed by atoms with Crippen LogP contribution in [0.15, 0.2) is 78.0 Å². The standard InChI is InChI=1S/C24H30N6/c1-2-25-24(28-22-13-14-29(19-22)23-11-7-4-8-12-23)26-15-21-16-27-30(18-21)17-20-9-5-3-6-10-20/h3-12,16,18,22H,2,13-15,17,19H2,1H3,(H2,25,26,28). The molecule has 1 fully saturated rings. The van der Waals surface area contributed by atoms with Crippen molar-refractivity contribution in [3.8, 4) is 0 Å². The van der Waals surface area contributed by atoms with E-state index >= 15 is 0 Å². The molecule has 6 nitrogen and oxygen atoms in total. The van der Waals surface area contributed by atoms with Gasteiger partial charge in [-0.3, -0.25) is 4.68 Å². The lowest BCUT2D eigenvalue weighted by Crippen LogP contribution is -2.44. The van der Waals surface area contributed by atoms with Crippen molar-refractivity contribution in [1.29, 1.82) is 0 Å². The molecule has 6 heteroatoms. The minimum atomic E-state index is 0.392. The fraction of sp³-hybridized carbons (Fsp3) is 0.333. The predicted molar refractivity (Wildman–Crippen MR) is 123 cm³/mol. The number of rotatable bonds is 7. The Morgan fingerprint density at radius 2 is 1.83 bits per heavy atom. The van der Waals surface area contributed by atoms with Crippen molar-refractivity contribution >= 4 is 11.6 Å². The molecule has 156 valence electrons.